The lowest BCUT2D eigenvalue weighted by molar-refractivity contribution is -0.117. The van der Waals surface area contributed by atoms with Crippen LogP contribution in [0, 0.1) is 11.7 Å². The topological polar surface area (TPSA) is 119 Å². The standard InChI is InChI=1S/C16H21FN4O5S/c1-9(2)6-18-16(24)20-4-3-10-5-12(22)15(14(17)11(10)7-20)21-8-13(23)19-27(21,25)26/h5,9,22H,3-4,6-8H2,1-2H3,(H,18,24)(H,19,23). The van der Waals surface area contributed by atoms with Gasteiger partial charge in [0.2, 0.25) is 0 Å². The minimum atomic E-state index is -4.27. The maximum atomic E-state index is 15.1. The predicted octanol–water partition coefficient (Wildman–Crippen LogP) is 0.436. The molecular formula is C16H21FN4O5S. The van der Waals surface area contributed by atoms with Gasteiger partial charge in [-0.25, -0.2) is 18.2 Å². The van der Waals surface area contributed by atoms with E-state index in [2.05, 4.69) is 5.32 Å². The average Bonchev–Trinajstić information content (AvgIpc) is 2.84. The number of carbonyl (C=O) groups excluding carboxylic acids is 2. The van der Waals surface area contributed by atoms with Crippen LogP contribution in [0.15, 0.2) is 6.07 Å². The number of benzene rings is 1. The predicted molar refractivity (Wildman–Crippen MR) is 94.8 cm³/mol. The lowest BCUT2D eigenvalue weighted by Gasteiger charge is -2.31. The number of hydrogen-bond donors (Lipinski definition) is 3. The van der Waals surface area contributed by atoms with Crippen LogP contribution in [0.25, 0.3) is 0 Å². The molecule has 1 saturated heterocycles. The van der Waals surface area contributed by atoms with Gasteiger partial charge in [0, 0.05) is 18.7 Å². The summed E-state index contributed by atoms with van der Waals surface area (Å²) in [5.41, 5.74) is 0.0392. The van der Waals surface area contributed by atoms with E-state index in [1.807, 2.05) is 13.8 Å². The van der Waals surface area contributed by atoms with Gasteiger partial charge in [-0.15, -0.1) is 0 Å². The number of amides is 3. The molecule has 0 aromatic heterocycles. The molecule has 2 aliphatic rings. The minimum Gasteiger partial charge on any atom is -0.506 e. The van der Waals surface area contributed by atoms with Crippen LogP contribution in [0.2, 0.25) is 0 Å². The number of nitrogens with one attached hydrogen (secondary N) is 2. The highest BCUT2D eigenvalue weighted by Crippen LogP contribution is 2.38. The van der Waals surface area contributed by atoms with Gasteiger partial charge in [-0.3, -0.25) is 4.79 Å². The molecule has 0 spiro atoms. The normalized spacial score (nSPS) is 18.4. The van der Waals surface area contributed by atoms with Crippen LogP contribution in [0.1, 0.15) is 25.0 Å². The van der Waals surface area contributed by atoms with Gasteiger partial charge in [0.1, 0.15) is 18.0 Å². The summed E-state index contributed by atoms with van der Waals surface area (Å²) in [4.78, 5) is 25.1. The maximum absolute atomic E-state index is 15.1. The van der Waals surface area contributed by atoms with Gasteiger partial charge in [0.05, 0.1) is 6.54 Å². The third kappa shape index (κ3) is 3.64. The summed E-state index contributed by atoms with van der Waals surface area (Å²) < 4.78 is 41.4. The first-order chi connectivity index (χ1) is 12.6. The smallest absolute Gasteiger partial charge is 0.326 e. The zero-order valence-corrected chi connectivity index (χ0v) is 15.8. The third-order valence-corrected chi connectivity index (χ3v) is 5.81. The number of urea groups is 1. The summed E-state index contributed by atoms with van der Waals surface area (Å²) in [6.07, 6.45) is 0.319. The van der Waals surface area contributed by atoms with Crippen molar-refractivity contribution in [1.29, 1.82) is 0 Å². The second kappa shape index (κ2) is 6.87. The Balaban J connectivity index is 1.93. The molecule has 1 aromatic rings. The van der Waals surface area contributed by atoms with E-state index in [1.54, 1.807) is 4.72 Å². The van der Waals surface area contributed by atoms with E-state index in [9.17, 15) is 23.1 Å². The van der Waals surface area contributed by atoms with E-state index < -0.39 is 39.9 Å². The Morgan fingerprint density at radius 3 is 2.70 bits per heavy atom. The second-order valence-corrected chi connectivity index (χ2v) is 8.58. The molecule has 2 aliphatic heterocycles. The van der Waals surface area contributed by atoms with Crippen molar-refractivity contribution in [2.24, 2.45) is 5.92 Å². The fourth-order valence-corrected chi connectivity index (χ4v) is 4.26. The largest absolute Gasteiger partial charge is 0.506 e. The van der Waals surface area contributed by atoms with E-state index in [1.165, 1.54) is 11.0 Å². The first-order valence-electron chi connectivity index (χ1n) is 8.49. The third-order valence-electron chi connectivity index (χ3n) is 4.43. The molecule has 0 bridgehead atoms. The van der Waals surface area contributed by atoms with Gasteiger partial charge in [0.25, 0.3) is 5.91 Å². The SMILES string of the molecule is CC(C)CNC(=O)N1CCc2cc(O)c(N3CC(=O)NS3(=O)=O)c(F)c2C1. The minimum absolute atomic E-state index is 0.0619. The first-order valence-corrected chi connectivity index (χ1v) is 9.93. The Kier molecular flexibility index (Phi) is 4.89. The quantitative estimate of drug-likeness (QED) is 0.680. The zero-order chi connectivity index (χ0) is 19.9. The number of carbonyl (C=O) groups is 2. The summed E-state index contributed by atoms with van der Waals surface area (Å²) in [6.45, 7) is 4.04. The number of halogens is 1. The van der Waals surface area contributed by atoms with Gasteiger partial charge in [-0.1, -0.05) is 13.8 Å². The number of fused-ring (bicyclic) bond motifs is 1. The molecule has 3 amide bonds. The van der Waals surface area contributed by atoms with Gasteiger partial charge in [-0.2, -0.15) is 8.42 Å². The Bertz CT molecular complexity index is 903. The van der Waals surface area contributed by atoms with E-state index in [4.69, 9.17) is 0 Å². The molecule has 3 rings (SSSR count). The van der Waals surface area contributed by atoms with Gasteiger partial charge in [-0.05, 0) is 24.0 Å². The molecule has 27 heavy (non-hydrogen) atoms. The van der Waals surface area contributed by atoms with Crippen LogP contribution in [-0.2, 0) is 28.0 Å². The number of phenolic OH excluding ortho intramolecular Hbond substituents is 1. The number of rotatable bonds is 3. The van der Waals surface area contributed by atoms with Crippen LogP contribution in [0.5, 0.6) is 5.75 Å². The van der Waals surface area contributed by atoms with Crippen molar-refractivity contribution in [2.45, 2.75) is 26.8 Å². The number of anilines is 1. The summed E-state index contributed by atoms with van der Waals surface area (Å²) in [5.74, 6) is -2.08. The summed E-state index contributed by atoms with van der Waals surface area (Å²) in [5, 5.41) is 12.9. The number of hydrogen-bond acceptors (Lipinski definition) is 5. The average molecular weight is 400 g/mol. The Labute approximate surface area is 156 Å². The van der Waals surface area contributed by atoms with Gasteiger partial charge in [0.15, 0.2) is 5.82 Å². The number of nitrogens with zero attached hydrogens (tertiary/aromatic N) is 2. The summed E-state index contributed by atoms with van der Waals surface area (Å²) >= 11 is 0. The molecule has 1 aromatic carbocycles. The van der Waals surface area contributed by atoms with E-state index >= 15 is 4.39 Å². The van der Waals surface area contributed by atoms with E-state index in [0.717, 1.165) is 0 Å². The van der Waals surface area contributed by atoms with Crippen molar-refractivity contribution < 1.29 is 27.5 Å². The molecule has 0 atom stereocenters. The van der Waals surface area contributed by atoms with Crippen LogP contribution in [0.3, 0.4) is 0 Å². The Morgan fingerprint density at radius 2 is 2.11 bits per heavy atom. The molecule has 148 valence electrons. The van der Waals surface area contributed by atoms with Crippen molar-refractivity contribution >= 4 is 27.8 Å². The highest BCUT2D eigenvalue weighted by molar-refractivity contribution is 7.92. The highest BCUT2D eigenvalue weighted by Gasteiger charge is 2.39. The first kappa shape index (κ1) is 19.2. The number of aromatic hydroxyl groups is 1. The zero-order valence-electron chi connectivity index (χ0n) is 15.0. The van der Waals surface area contributed by atoms with Gasteiger partial charge >= 0.3 is 16.2 Å². The lowest BCUT2D eigenvalue weighted by atomic mass is 9.97. The van der Waals surface area contributed by atoms with E-state index in [-0.39, 0.29) is 24.1 Å². The van der Waals surface area contributed by atoms with Crippen LogP contribution in [-0.4, -0.2) is 50.0 Å². The van der Waals surface area contributed by atoms with Crippen molar-refractivity contribution in [3.63, 3.8) is 0 Å². The van der Waals surface area contributed by atoms with Gasteiger partial charge < -0.3 is 15.3 Å². The highest BCUT2D eigenvalue weighted by atomic mass is 32.2. The van der Waals surface area contributed by atoms with Crippen LogP contribution in [0.4, 0.5) is 14.9 Å². The molecule has 0 saturated carbocycles. The Morgan fingerprint density at radius 1 is 1.41 bits per heavy atom. The number of phenols is 1. The molecular weight excluding hydrogens is 379 g/mol. The molecule has 11 heteroatoms. The monoisotopic (exact) mass is 400 g/mol. The maximum Gasteiger partial charge on any atom is 0.326 e. The van der Waals surface area contributed by atoms with Crippen LogP contribution < -0.4 is 14.3 Å². The molecule has 0 radical (unpaired) electrons. The van der Waals surface area contributed by atoms with Crippen molar-refractivity contribution in [3.05, 3.63) is 23.0 Å². The molecule has 0 unspecified atom stereocenters. The molecule has 2 heterocycles. The van der Waals surface area contributed by atoms with Crippen molar-refractivity contribution in [1.82, 2.24) is 14.9 Å². The Hall–Kier alpha value is -2.56. The fraction of sp³-hybridized carbons (Fsp3) is 0.500. The lowest BCUT2D eigenvalue weighted by Crippen LogP contribution is -2.44. The summed E-state index contributed by atoms with van der Waals surface area (Å²) in [7, 11) is -4.27. The molecule has 9 nitrogen and oxygen atoms in total. The summed E-state index contributed by atoms with van der Waals surface area (Å²) in [6, 6.07) is 0.948. The van der Waals surface area contributed by atoms with E-state index in [0.29, 0.717) is 29.4 Å². The molecule has 1 fully saturated rings. The second-order valence-electron chi connectivity index (χ2n) is 6.98. The van der Waals surface area contributed by atoms with Crippen molar-refractivity contribution in [2.75, 3.05) is 23.9 Å². The fourth-order valence-electron chi connectivity index (χ4n) is 3.10. The van der Waals surface area contributed by atoms with Crippen LogP contribution >= 0.6 is 0 Å². The molecule has 3 N–H and O–H groups in total. The molecule has 0 aliphatic carbocycles. The van der Waals surface area contributed by atoms with Crippen molar-refractivity contribution in [3.8, 4) is 5.75 Å².